The van der Waals surface area contributed by atoms with Crippen LogP contribution in [0.2, 0.25) is 0 Å². The highest BCUT2D eigenvalue weighted by Gasteiger charge is 2.27. The van der Waals surface area contributed by atoms with Crippen molar-refractivity contribution in [2.75, 3.05) is 0 Å². The lowest BCUT2D eigenvalue weighted by Gasteiger charge is -2.22. The standard InChI is InChI=1S/C45H37N3O/c1-3-10-28(11-4-1)32-22-25-41-40(26-32)37-16-9-17-38(42(37)49-41)45-47-43(31-13-5-2-6-14-31)46-44(48-45)33-19-18-30-21-23-35-34-15-8-7-12-29(34)20-24-36(35)39(30)27-33/h2,5-10,12-13,15-17,20-25,27,31-32H,1,3-4,11,14,18-19,26H2/t31?,32-/m0/s1. The van der Waals surface area contributed by atoms with Gasteiger partial charge in [0, 0.05) is 22.8 Å². The first kappa shape index (κ1) is 28.6. The third kappa shape index (κ3) is 4.92. The van der Waals surface area contributed by atoms with Crippen LogP contribution in [0.1, 0.15) is 78.5 Å². The summed E-state index contributed by atoms with van der Waals surface area (Å²) in [5.74, 6) is 3.79. The zero-order valence-electron chi connectivity index (χ0n) is 27.5. The van der Waals surface area contributed by atoms with Gasteiger partial charge in [0.1, 0.15) is 17.2 Å². The highest BCUT2D eigenvalue weighted by molar-refractivity contribution is 6.11. The van der Waals surface area contributed by atoms with Crippen LogP contribution < -0.4 is 0 Å². The van der Waals surface area contributed by atoms with E-state index < -0.39 is 0 Å². The van der Waals surface area contributed by atoms with E-state index in [1.165, 1.54) is 69.3 Å². The van der Waals surface area contributed by atoms with Gasteiger partial charge < -0.3 is 4.42 Å². The highest BCUT2D eigenvalue weighted by Crippen LogP contribution is 2.41. The molecule has 4 aromatic carbocycles. The summed E-state index contributed by atoms with van der Waals surface area (Å²) in [6.45, 7) is 0. The van der Waals surface area contributed by atoms with E-state index in [1.807, 2.05) is 0 Å². The summed E-state index contributed by atoms with van der Waals surface area (Å²) in [4.78, 5) is 15.6. The van der Waals surface area contributed by atoms with E-state index in [9.17, 15) is 0 Å². The molecular formula is C45H37N3O. The van der Waals surface area contributed by atoms with Crippen molar-refractivity contribution in [1.82, 2.24) is 15.0 Å². The van der Waals surface area contributed by atoms with Gasteiger partial charge in [0.25, 0.3) is 0 Å². The first-order valence-electron chi connectivity index (χ1n) is 17.9. The molecule has 238 valence electrons. The topological polar surface area (TPSA) is 51.8 Å². The van der Waals surface area contributed by atoms with Gasteiger partial charge in [0.2, 0.25) is 0 Å². The van der Waals surface area contributed by atoms with Crippen LogP contribution in [0.5, 0.6) is 0 Å². The highest BCUT2D eigenvalue weighted by atomic mass is 16.3. The zero-order chi connectivity index (χ0) is 32.3. The fraction of sp³-hybridized carbons (Fsp3) is 0.222. The lowest BCUT2D eigenvalue weighted by molar-refractivity contribution is 0.576. The molecule has 0 aliphatic heterocycles. The van der Waals surface area contributed by atoms with Gasteiger partial charge in [0.05, 0.1) is 5.56 Å². The number of fused-ring (bicyclic) bond motifs is 8. The minimum Gasteiger partial charge on any atom is -0.456 e. The summed E-state index contributed by atoms with van der Waals surface area (Å²) in [5, 5.41) is 6.30. The van der Waals surface area contributed by atoms with E-state index in [1.54, 1.807) is 5.57 Å². The van der Waals surface area contributed by atoms with E-state index in [4.69, 9.17) is 19.4 Å². The molecule has 0 spiro atoms. The third-order valence-corrected chi connectivity index (χ3v) is 11.1. The van der Waals surface area contributed by atoms with Crippen molar-refractivity contribution in [2.24, 2.45) is 5.92 Å². The van der Waals surface area contributed by atoms with Crippen molar-refractivity contribution in [1.29, 1.82) is 0 Å². The molecule has 2 heterocycles. The minimum absolute atomic E-state index is 0.102. The Kier molecular flexibility index (Phi) is 6.82. The predicted molar refractivity (Wildman–Crippen MR) is 201 cm³/mol. The summed E-state index contributed by atoms with van der Waals surface area (Å²) < 4.78 is 6.67. The van der Waals surface area contributed by atoms with Gasteiger partial charge in [-0.05, 0) is 108 Å². The molecule has 4 nitrogen and oxygen atoms in total. The number of aryl methyl sites for hydroxylation is 1. The van der Waals surface area contributed by atoms with E-state index in [0.717, 1.165) is 59.8 Å². The van der Waals surface area contributed by atoms with Crippen LogP contribution in [-0.4, -0.2) is 15.0 Å². The maximum Gasteiger partial charge on any atom is 0.167 e. The number of hydrogen-bond acceptors (Lipinski definition) is 4. The van der Waals surface area contributed by atoms with Crippen LogP contribution >= 0.6 is 0 Å². The van der Waals surface area contributed by atoms with E-state index in [-0.39, 0.29) is 5.92 Å². The SMILES string of the molecule is C1=CCC(c2nc(C3=Cc4c(ccc5c4ccc4ccccc45)CC3)nc(-c3cccc4c5c(oc34)C=C[C@H](C3=CCCCC3)C5)n2)C=C1. The molecule has 4 aliphatic rings. The Balaban J connectivity index is 1.11. The fourth-order valence-corrected chi connectivity index (χ4v) is 8.49. The van der Waals surface area contributed by atoms with Crippen molar-refractivity contribution in [3.05, 3.63) is 143 Å². The number of benzene rings is 4. The third-order valence-electron chi connectivity index (χ3n) is 11.1. The number of nitrogens with zero attached hydrogens (tertiary/aromatic N) is 3. The van der Waals surface area contributed by atoms with Crippen LogP contribution in [0, 0.1) is 5.92 Å². The van der Waals surface area contributed by atoms with Crippen LogP contribution in [0.25, 0.3) is 61.6 Å². The van der Waals surface area contributed by atoms with Gasteiger partial charge in [-0.3, -0.25) is 0 Å². The lowest BCUT2D eigenvalue weighted by atomic mass is 9.82. The number of furan rings is 1. The van der Waals surface area contributed by atoms with E-state index >= 15 is 0 Å². The van der Waals surface area contributed by atoms with E-state index in [2.05, 4.69) is 115 Å². The van der Waals surface area contributed by atoms with Gasteiger partial charge in [-0.15, -0.1) is 0 Å². The Hall–Kier alpha value is -5.35. The Morgan fingerprint density at radius 3 is 2.53 bits per heavy atom. The van der Waals surface area contributed by atoms with Crippen molar-refractivity contribution >= 4 is 50.2 Å². The molecule has 6 aromatic rings. The first-order valence-corrected chi connectivity index (χ1v) is 17.9. The van der Waals surface area contributed by atoms with Crippen LogP contribution in [0.4, 0.5) is 0 Å². The summed E-state index contributed by atoms with van der Waals surface area (Å²) in [6, 6.07) is 24.3. The molecular weight excluding hydrogens is 599 g/mol. The first-order chi connectivity index (χ1) is 24.3. The number of para-hydroxylation sites is 1. The molecule has 0 radical (unpaired) electrons. The average molecular weight is 636 g/mol. The predicted octanol–water partition coefficient (Wildman–Crippen LogP) is 11.4. The van der Waals surface area contributed by atoms with Crippen molar-refractivity contribution in [2.45, 2.75) is 57.3 Å². The summed E-state index contributed by atoms with van der Waals surface area (Å²) >= 11 is 0. The molecule has 4 aliphatic carbocycles. The van der Waals surface area contributed by atoms with Crippen molar-refractivity contribution in [3.8, 4) is 11.4 Å². The lowest BCUT2D eigenvalue weighted by Crippen LogP contribution is -2.11. The fourth-order valence-electron chi connectivity index (χ4n) is 8.49. The smallest absolute Gasteiger partial charge is 0.167 e. The van der Waals surface area contributed by atoms with Gasteiger partial charge in [-0.25, -0.2) is 15.0 Å². The molecule has 49 heavy (non-hydrogen) atoms. The van der Waals surface area contributed by atoms with Crippen LogP contribution in [-0.2, 0) is 12.8 Å². The molecule has 0 saturated heterocycles. The second kappa shape index (κ2) is 11.7. The molecule has 0 bridgehead atoms. The number of aromatic nitrogens is 3. The zero-order valence-corrected chi connectivity index (χ0v) is 27.5. The number of hydrogen-bond donors (Lipinski definition) is 0. The van der Waals surface area contributed by atoms with Crippen LogP contribution in [0.3, 0.4) is 0 Å². The Labute approximate surface area is 286 Å². The Bertz CT molecular complexity index is 2470. The molecule has 2 atom stereocenters. The normalized spacial score (nSPS) is 20.0. The largest absolute Gasteiger partial charge is 0.456 e. The van der Waals surface area contributed by atoms with Crippen molar-refractivity contribution in [3.63, 3.8) is 0 Å². The molecule has 1 unspecified atom stereocenters. The number of allylic oxidation sites excluding steroid dienone is 8. The molecule has 4 heteroatoms. The van der Waals surface area contributed by atoms with Gasteiger partial charge in [-0.1, -0.05) is 103 Å². The Morgan fingerprint density at radius 2 is 1.61 bits per heavy atom. The van der Waals surface area contributed by atoms with Crippen molar-refractivity contribution < 1.29 is 4.42 Å². The van der Waals surface area contributed by atoms with Crippen LogP contribution in [0.15, 0.2) is 113 Å². The molecule has 0 fully saturated rings. The second-order valence-corrected chi connectivity index (χ2v) is 14.0. The minimum atomic E-state index is 0.102. The van der Waals surface area contributed by atoms with Gasteiger partial charge in [-0.2, -0.15) is 0 Å². The Morgan fingerprint density at radius 1 is 0.694 bits per heavy atom. The number of rotatable bonds is 4. The maximum absolute atomic E-state index is 6.67. The summed E-state index contributed by atoms with van der Waals surface area (Å²) in [5.41, 5.74) is 8.51. The van der Waals surface area contributed by atoms with Gasteiger partial charge in [0.15, 0.2) is 11.6 Å². The monoisotopic (exact) mass is 635 g/mol. The average Bonchev–Trinajstić information content (AvgIpc) is 3.56. The summed E-state index contributed by atoms with van der Waals surface area (Å²) in [6.07, 6.45) is 26.7. The quantitative estimate of drug-likeness (QED) is 0.143. The van der Waals surface area contributed by atoms with E-state index in [0.29, 0.717) is 11.7 Å². The molecule has 0 amide bonds. The molecule has 0 N–H and O–H groups in total. The molecule has 0 saturated carbocycles. The van der Waals surface area contributed by atoms with Gasteiger partial charge >= 0.3 is 0 Å². The summed E-state index contributed by atoms with van der Waals surface area (Å²) in [7, 11) is 0. The molecule has 10 rings (SSSR count). The molecule has 2 aromatic heterocycles. The second-order valence-electron chi connectivity index (χ2n) is 14.0. The maximum atomic E-state index is 6.67.